The van der Waals surface area contributed by atoms with Gasteiger partial charge in [-0.2, -0.15) is 0 Å². The first-order chi connectivity index (χ1) is 10.3. The topological polar surface area (TPSA) is 39.4 Å². The molecule has 3 aromatic rings. The molecule has 1 aromatic heterocycles. The zero-order chi connectivity index (χ0) is 14.7. The maximum atomic E-state index is 12.2. The van der Waals surface area contributed by atoms with E-state index in [1.165, 1.54) is 6.07 Å². The maximum Gasteiger partial charge on any atom is 0.193 e. The molecule has 0 aliphatic carbocycles. The minimum absolute atomic E-state index is 0.0803. The first-order valence-electron chi connectivity index (χ1n) is 6.50. The smallest absolute Gasteiger partial charge is 0.193 e. The van der Waals surface area contributed by atoms with Gasteiger partial charge >= 0.3 is 0 Å². The van der Waals surface area contributed by atoms with E-state index in [1.54, 1.807) is 25.1 Å². The van der Waals surface area contributed by atoms with Crippen molar-refractivity contribution >= 4 is 11.0 Å². The number of hydrogen-bond donors (Lipinski definition) is 0. The zero-order valence-electron chi connectivity index (χ0n) is 11.4. The molecule has 21 heavy (non-hydrogen) atoms. The first kappa shape index (κ1) is 13.0. The van der Waals surface area contributed by atoms with Gasteiger partial charge in [0.25, 0.3) is 0 Å². The Morgan fingerprint density at radius 2 is 1.86 bits per heavy atom. The Balaban J connectivity index is 2.16. The Kier molecular flexibility index (Phi) is 3.44. The molecule has 0 aliphatic rings. The van der Waals surface area contributed by atoms with E-state index < -0.39 is 0 Å². The molecule has 3 nitrogen and oxygen atoms in total. The monoisotopic (exact) mass is 276 g/mol. The molecular weight excluding hydrogens is 264 g/mol. The van der Waals surface area contributed by atoms with Crippen LogP contribution in [0.1, 0.15) is 6.92 Å². The summed E-state index contributed by atoms with van der Waals surface area (Å²) in [5, 5.41) is 0.520. The Morgan fingerprint density at radius 3 is 2.62 bits per heavy atom. The normalized spacial score (nSPS) is 9.95. The van der Waals surface area contributed by atoms with Gasteiger partial charge in [0.15, 0.2) is 5.43 Å². The molecule has 0 N–H and O–H groups in total. The zero-order valence-corrected chi connectivity index (χ0v) is 11.4. The molecule has 102 valence electrons. The molecule has 0 bridgehead atoms. The van der Waals surface area contributed by atoms with Crippen LogP contribution in [-0.2, 0) is 0 Å². The fourth-order valence-corrected chi connectivity index (χ4v) is 2.05. The van der Waals surface area contributed by atoms with Crippen LogP contribution in [0.25, 0.3) is 22.3 Å². The van der Waals surface area contributed by atoms with Crippen molar-refractivity contribution < 1.29 is 9.15 Å². The van der Waals surface area contributed by atoms with Crippen LogP contribution in [0, 0.1) is 12.0 Å². The third-order valence-corrected chi connectivity index (χ3v) is 3.03. The van der Waals surface area contributed by atoms with Crippen molar-refractivity contribution in [2.24, 2.45) is 0 Å². The summed E-state index contributed by atoms with van der Waals surface area (Å²) in [5.41, 5.74) is 1.26. The molecule has 0 saturated carbocycles. The fraction of sp³-hybridized carbons (Fsp3) is 0.0556. The Hall–Kier alpha value is -2.99. The van der Waals surface area contributed by atoms with Gasteiger partial charge in [0.05, 0.1) is 5.39 Å². The SMILES string of the molecule is CC#COc1ccc2c(=O)cc(-c3ccccc3)oc2c1. The van der Waals surface area contributed by atoms with Gasteiger partial charge in [-0.05, 0) is 12.1 Å². The molecule has 0 amide bonds. The van der Waals surface area contributed by atoms with Gasteiger partial charge in [0.1, 0.15) is 23.2 Å². The number of fused-ring (bicyclic) bond motifs is 1. The summed E-state index contributed by atoms with van der Waals surface area (Å²) < 4.78 is 11.0. The van der Waals surface area contributed by atoms with Crippen molar-refractivity contribution in [1.29, 1.82) is 0 Å². The average molecular weight is 276 g/mol. The van der Waals surface area contributed by atoms with Gasteiger partial charge in [0, 0.05) is 24.6 Å². The highest BCUT2D eigenvalue weighted by Gasteiger charge is 2.07. The molecule has 3 rings (SSSR count). The van der Waals surface area contributed by atoms with Crippen molar-refractivity contribution in [1.82, 2.24) is 0 Å². The Labute approximate surface area is 121 Å². The lowest BCUT2D eigenvalue weighted by atomic mass is 10.1. The number of benzene rings is 2. The van der Waals surface area contributed by atoms with E-state index in [0.29, 0.717) is 22.5 Å². The van der Waals surface area contributed by atoms with Crippen LogP contribution < -0.4 is 10.2 Å². The van der Waals surface area contributed by atoms with Crippen molar-refractivity contribution in [3.05, 3.63) is 64.8 Å². The van der Waals surface area contributed by atoms with E-state index in [4.69, 9.17) is 9.15 Å². The average Bonchev–Trinajstić information content (AvgIpc) is 2.53. The summed E-state index contributed by atoms with van der Waals surface area (Å²) in [5.74, 6) is 3.73. The highest BCUT2D eigenvalue weighted by Crippen LogP contribution is 2.24. The molecule has 2 aromatic carbocycles. The molecule has 3 heteroatoms. The second-order valence-corrected chi connectivity index (χ2v) is 4.45. The van der Waals surface area contributed by atoms with Crippen LogP contribution in [-0.4, -0.2) is 0 Å². The number of ether oxygens (including phenoxy) is 1. The second-order valence-electron chi connectivity index (χ2n) is 4.45. The van der Waals surface area contributed by atoms with Crippen LogP contribution in [0.3, 0.4) is 0 Å². The van der Waals surface area contributed by atoms with Gasteiger partial charge in [-0.15, -0.1) is 0 Å². The minimum atomic E-state index is -0.0803. The number of hydrogen-bond acceptors (Lipinski definition) is 3. The highest BCUT2D eigenvalue weighted by molar-refractivity contribution is 5.80. The fourth-order valence-electron chi connectivity index (χ4n) is 2.05. The lowest BCUT2D eigenvalue weighted by Crippen LogP contribution is -2.00. The van der Waals surface area contributed by atoms with E-state index in [2.05, 4.69) is 12.0 Å². The number of rotatable bonds is 2. The van der Waals surface area contributed by atoms with Crippen LogP contribution in [0.15, 0.2) is 63.8 Å². The van der Waals surface area contributed by atoms with Crippen LogP contribution >= 0.6 is 0 Å². The summed E-state index contributed by atoms with van der Waals surface area (Å²) in [6.45, 7) is 1.69. The van der Waals surface area contributed by atoms with Gasteiger partial charge < -0.3 is 9.15 Å². The van der Waals surface area contributed by atoms with Crippen LogP contribution in [0.5, 0.6) is 5.75 Å². The standard InChI is InChI=1S/C18H12O3/c1-2-10-20-14-8-9-15-16(19)12-17(21-18(15)11-14)13-6-4-3-5-7-13/h3-9,11-12H,1H3. The van der Waals surface area contributed by atoms with Crippen molar-refractivity contribution in [3.63, 3.8) is 0 Å². The lowest BCUT2D eigenvalue weighted by molar-refractivity contribution is 0.517. The van der Waals surface area contributed by atoms with Gasteiger partial charge in [-0.1, -0.05) is 36.3 Å². The quantitative estimate of drug-likeness (QED) is 0.668. The van der Waals surface area contributed by atoms with Crippen molar-refractivity contribution in [2.45, 2.75) is 6.92 Å². The van der Waals surface area contributed by atoms with E-state index >= 15 is 0 Å². The van der Waals surface area contributed by atoms with E-state index in [1.807, 2.05) is 30.3 Å². The van der Waals surface area contributed by atoms with Gasteiger partial charge in [0.2, 0.25) is 0 Å². The third-order valence-electron chi connectivity index (χ3n) is 3.03. The Morgan fingerprint density at radius 1 is 1.05 bits per heavy atom. The van der Waals surface area contributed by atoms with E-state index in [0.717, 1.165) is 5.56 Å². The highest BCUT2D eigenvalue weighted by atomic mass is 16.5. The van der Waals surface area contributed by atoms with E-state index in [9.17, 15) is 4.79 Å². The summed E-state index contributed by atoms with van der Waals surface area (Å²) in [7, 11) is 0. The maximum absolute atomic E-state index is 12.2. The predicted octanol–water partition coefficient (Wildman–Crippen LogP) is 3.82. The Bertz CT molecular complexity index is 896. The molecule has 0 spiro atoms. The molecule has 0 saturated heterocycles. The van der Waals surface area contributed by atoms with Crippen molar-refractivity contribution in [2.75, 3.05) is 0 Å². The van der Waals surface area contributed by atoms with Gasteiger partial charge in [-0.3, -0.25) is 4.79 Å². The molecule has 0 unspecified atom stereocenters. The van der Waals surface area contributed by atoms with Crippen molar-refractivity contribution in [3.8, 4) is 29.1 Å². The lowest BCUT2D eigenvalue weighted by Gasteiger charge is -2.04. The predicted molar refractivity (Wildman–Crippen MR) is 82.0 cm³/mol. The largest absolute Gasteiger partial charge is 0.456 e. The second kappa shape index (κ2) is 5.56. The molecule has 0 atom stereocenters. The molecule has 0 radical (unpaired) electrons. The van der Waals surface area contributed by atoms with E-state index in [-0.39, 0.29) is 5.43 Å². The first-order valence-corrected chi connectivity index (χ1v) is 6.50. The minimum Gasteiger partial charge on any atom is -0.456 e. The summed E-state index contributed by atoms with van der Waals surface area (Å²) in [6.07, 6.45) is 2.52. The van der Waals surface area contributed by atoms with Gasteiger partial charge in [-0.25, -0.2) is 0 Å². The van der Waals surface area contributed by atoms with Crippen LogP contribution in [0.2, 0.25) is 0 Å². The van der Waals surface area contributed by atoms with Crippen LogP contribution in [0.4, 0.5) is 0 Å². The molecule has 1 heterocycles. The summed E-state index contributed by atoms with van der Waals surface area (Å²) in [6, 6.07) is 16.1. The molecule has 0 fully saturated rings. The summed E-state index contributed by atoms with van der Waals surface area (Å²) in [4.78, 5) is 12.2. The molecular formula is C18H12O3. The summed E-state index contributed by atoms with van der Waals surface area (Å²) >= 11 is 0. The third kappa shape index (κ3) is 2.65. The molecule has 0 aliphatic heterocycles.